The van der Waals surface area contributed by atoms with Crippen LogP contribution in [0.25, 0.3) is 16.8 Å². The smallest absolute Gasteiger partial charge is 0.409 e. The van der Waals surface area contributed by atoms with Gasteiger partial charge in [0, 0.05) is 26.2 Å². The molecule has 12 heteroatoms. The van der Waals surface area contributed by atoms with E-state index in [4.69, 9.17) is 16.3 Å². The average molecular weight is 495 g/mol. The molecule has 180 valence electrons. The SMILES string of the molecule is CN(C)C(=O)OCC(Nc1c(-c2c(F)cc(F)cc2F)c(Cl)nc2c(C#N)cnn12)C(C)(C)C. The molecule has 2 aromatic heterocycles. The van der Waals surface area contributed by atoms with E-state index in [-0.39, 0.29) is 34.4 Å². The van der Waals surface area contributed by atoms with Crippen molar-refractivity contribution in [2.45, 2.75) is 26.8 Å². The first-order valence-corrected chi connectivity index (χ1v) is 10.5. The van der Waals surface area contributed by atoms with Crippen LogP contribution in [0.1, 0.15) is 26.3 Å². The lowest BCUT2D eigenvalue weighted by molar-refractivity contribution is 0.0999. The van der Waals surface area contributed by atoms with Gasteiger partial charge in [-0.3, -0.25) is 0 Å². The van der Waals surface area contributed by atoms with Crippen molar-refractivity contribution in [1.29, 1.82) is 5.26 Å². The van der Waals surface area contributed by atoms with Crippen LogP contribution >= 0.6 is 11.6 Å². The molecule has 2 heterocycles. The van der Waals surface area contributed by atoms with Gasteiger partial charge in [0.25, 0.3) is 0 Å². The molecule has 0 saturated carbocycles. The summed E-state index contributed by atoms with van der Waals surface area (Å²) >= 11 is 6.36. The maximum Gasteiger partial charge on any atom is 0.409 e. The van der Waals surface area contributed by atoms with Crippen molar-refractivity contribution in [2.24, 2.45) is 5.41 Å². The minimum atomic E-state index is -1.21. The summed E-state index contributed by atoms with van der Waals surface area (Å²) in [6.45, 7) is 5.45. The van der Waals surface area contributed by atoms with E-state index in [2.05, 4.69) is 15.4 Å². The number of anilines is 1. The summed E-state index contributed by atoms with van der Waals surface area (Å²) in [5, 5.41) is 16.3. The molecule has 34 heavy (non-hydrogen) atoms. The van der Waals surface area contributed by atoms with Crippen molar-refractivity contribution < 1.29 is 22.7 Å². The fourth-order valence-corrected chi connectivity index (χ4v) is 3.40. The van der Waals surface area contributed by atoms with Crippen LogP contribution in [0.5, 0.6) is 0 Å². The Bertz CT molecular complexity index is 1270. The number of hydrogen-bond donors (Lipinski definition) is 1. The van der Waals surface area contributed by atoms with Crippen molar-refractivity contribution in [1.82, 2.24) is 19.5 Å². The van der Waals surface area contributed by atoms with Gasteiger partial charge in [0.15, 0.2) is 5.65 Å². The molecule has 0 spiro atoms. The molecule has 1 aromatic carbocycles. The summed E-state index contributed by atoms with van der Waals surface area (Å²) in [6.07, 6.45) is 0.638. The number of fused-ring (bicyclic) bond motifs is 1. The molecule has 0 aliphatic rings. The summed E-state index contributed by atoms with van der Waals surface area (Å²) in [7, 11) is 3.05. The second-order valence-corrected chi connectivity index (χ2v) is 9.17. The molecule has 1 N–H and O–H groups in total. The number of nitriles is 1. The Kier molecular flexibility index (Phi) is 6.93. The number of halogens is 4. The number of nitrogens with zero attached hydrogens (tertiary/aromatic N) is 5. The maximum atomic E-state index is 14.8. The number of carbonyl (C=O) groups is 1. The Morgan fingerprint density at radius 3 is 2.41 bits per heavy atom. The van der Waals surface area contributed by atoms with Gasteiger partial charge in [-0.2, -0.15) is 14.9 Å². The quantitative estimate of drug-likeness (QED) is 0.509. The molecule has 0 bridgehead atoms. The largest absolute Gasteiger partial charge is 0.447 e. The molecule has 0 aliphatic heterocycles. The fraction of sp³-hybridized carbons (Fsp3) is 0.364. The summed E-state index contributed by atoms with van der Waals surface area (Å²) in [5.41, 5.74) is -1.29. The normalized spacial score (nSPS) is 12.4. The van der Waals surface area contributed by atoms with Gasteiger partial charge in [-0.15, -0.1) is 0 Å². The van der Waals surface area contributed by atoms with Crippen molar-refractivity contribution in [2.75, 3.05) is 26.0 Å². The Balaban J connectivity index is 2.25. The van der Waals surface area contributed by atoms with Crippen LogP contribution in [0.3, 0.4) is 0 Å². The van der Waals surface area contributed by atoms with Crippen LogP contribution in [-0.2, 0) is 4.74 Å². The summed E-state index contributed by atoms with van der Waals surface area (Å²) in [4.78, 5) is 17.4. The lowest BCUT2D eigenvalue weighted by Gasteiger charge is -2.33. The van der Waals surface area contributed by atoms with Gasteiger partial charge < -0.3 is 15.0 Å². The van der Waals surface area contributed by atoms with Crippen LogP contribution < -0.4 is 5.32 Å². The zero-order valence-corrected chi connectivity index (χ0v) is 19.8. The highest BCUT2D eigenvalue weighted by Crippen LogP contribution is 2.39. The van der Waals surface area contributed by atoms with Gasteiger partial charge in [0.2, 0.25) is 0 Å². The van der Waals surface area contributed by atoms with E-state index in [1.165, 1.54) is 29.7 Å². The van der Waals surface area contributed by atoms with Crippen LogP contribution in [0.15, 0.2) is 18.3 Å². The van der Waals surface area contributed by atoms with Crippen molar-refractivity contribution in [3.05, 3.63) is 46.5 Å². The number of carbonyl (C=O) groups excluding carboxylic acids is 1. The third kappa shape index (κ3) is 4.87. The van der Waals surface area contributed by atoms with E-state index in [0.29, 0.717) is 12.1 Å². The topological polar surface area (TPSA) is 95.5 Å². The molecular formula is C22H22ClF3N6O2. The molecule has 1 amide bonds. The molecule has 0 saturated heterocycles. The van der Waals surface area contributed by atoms with Crippen molar-refractivity contribution in [3.8, 4) is 17.2 Å². The monoisotopic (exact) mass is 494 g/mol. The number of amides is 1. The summed E-state index contributed by atoms with van der Waals surface area (Å²) in [6, 6.07) is 2.35. The first-order chi connectivity index (χ1) is 15.8. The number of nitrogens with one attached hydrogen (secondary N) is 1. The van der Waals surface area contributed by atoms with Crippen molar-refractivity contribution in [3.63, 3.8) is 0 Å². The van der Waals surface area contributed by atoms with Crippen LogP contribution in [0.4, 0.5) is 23.8 Å². The van der Waals surface area contributed by atoms with Crippen LogP contribution in [-0.4, -0.2) is 52.3 Å². The second kappa shape index (κ2) is 9.38. The standard InChI is InChI=1S/C22H22ClF3N6O2/c1-22(2,3)15(10-34-21(33)31(4)5)29-20-17(16-13(25)6-12(24)7-14(16)26)18(23)30-19-11(8-27)9-28-32(19)20/h6-7,9,15,29H,10H2,1-5H3. The second-order valence-electron chi connectivity index (χ2n) is 8.81. The van der Waals surface area contributed by atoms with E-state index in [0.717, 1.165) is 0 Å². The highest BCUT2D eigenvalue weighted by molar-refractivity contribution is 6.33. The molecule has 0 radical (unpaired) electrons. The van der Waals surface area contributed by atoms with E-state index in [1.807, 2.05) is 26.8 Å². The maximum absolute atomic E-state index is 14.8. The van der Waals surface area contributed by atoms with E-state index in [1.54, 1.807) is 0 Å². The third-order valence-electron chi connectivity index (χ3n) is 5.08. The highest BCUT2D eigenvalue weighted by atomic mass is 35.5. The van der Waals surface area contributed by atoms with E-state index in [9.17, 15) is 23.2 Å². The van der Waals surface area contributed by atoms with E-state index >= 15 is 0 Å². The number of benzene rings is 1. The lowest BCUT2D eigenvalue weighted by Crippen LogP contribution is -2.40. The molecule has 3 rings (SSSR count). The zero-order chi connectivity index (χ0) is 25.4. The minimum absolute atomic E-state index is 0.0123. The lowest BCUT2D eigenvalue weighted by atomic mass is 9.87. The molecule has 1 atom stereocenters. The van der Waals surface area contributed by atoms with Crippen LogP contribution in [0, 0.1) is 34.2 Å². The third-order valence-corrected chi connectivity index (χ3v) is 5.35. The predicted molar refractivity (Wildman–Crippen MR) is 120 cm³/mol. The van der Waals surface area contributed by atoms with Crippen LogP contribution in [0.2, 0.25) is 5.15 Å². The Labute approximate surface area is 198 Å². The first-order valence-electron chi connectivity index (χ1n) is 10.1. The molecule has 0 fully saturated rings. The summed E-state index contributed by atoms with van der Waals surface area (Å²) in [5.74, 6) is -3.53. The number of ether oxygens (including phenoxy) is 1. The van der Waals surface area contributed by atoms with Gasteiger partial charge in [0.1, 0.15) is 46.7 Å². The Hall–Kier alpha value is -3.52. The number of hydrogen-bond acceptors (Lipinski definition) is 6. The zero-order valence-electron chi connectivity index (χ0n) is 19.1. The highest BCUT2D eigenvalue weighted by Gasteiger charge is 2.31. The van der Waals surface area contributed by atoms with Gasteiger partial charge in [-0.1, -0.05) is 32.4 Å². The molecule has 3 aromatic rings. The molecule has 0 aliphatic carbocycles. The molecular weight excluding hydrogens is 473 g/mol. The molecule has 1 unspecified atom stereocenters. The Morgan fingerprint density at radius 2 is 1.88 bits per heavy atom. The number of aromatic nitrogens is 3. The van der Waals surface area contributed by atoms with Gasteiger partial charge in [-0.05, 0) is 5.41 Å². The van der Waals surface area contributed by atoms with Gasteiger partial charge >= 0.3 is 6.09 Å². The first kappa shape index (κ1) is 25.1. The molecule has 8 nitrogen and oxygen atoms in total. The van der Waals surface area contributed by atoms with Crippen molar-refractivity contribution >= 4 is 29.2 Å². The van der Waals surface area contributed by atoms with Gasteiger partial charge in [-0.25, -0.2) is 22.9 Å². The van der Waals surface area contributed by atoms with E-state index < -0.39 is 40.6 Å². The number of rotatable bonds is 5. The predicted octanol–water partition coefficient (Wildman–Crippen LogP) is 4.86. The average Bonchev–Trinajstić information content (AvgIpc) is 3.12. The fourth-order valence-electron chi connectivity index (χ4n) is 3.14. The van der Waals surface area contributed by atoms with Gasteiger partial charge in [0.05, 0.1) is 23.4 Å². The minimum Gasteiger partial charge on any atom is -0.447 e. The Morgan fingerprint density at radius 1 is 1.26 bits per heavy atom. The summed E-state index contributed by atoms with van der Waals surface area (Å²) < 4.78 is 49.7.